The monoisotopic (exact) mass is 322 g/mol. The molecule has 0 atom stereocenters. The molecule has 0 aliphatic rings. The van der Waals surface area contributed by atoms with Crippen LogP contribution in [0, 0.1) is 13.8 Å². The van der Waals surface area contributed by atoms with Crippen LogP contribution in [-0.4, -0.2) is 14.7 Å². The van der Waals surface area contributed by atoms with Crippen molar-refractivity contribution >= 4 is 33.2 Å². The molecule has 2 aromatic carbocycles. The minimum absolute atomic E-state index is 0.217. The van der Waals surface area contributed by atoms with E-state index >= 15 is 0 Å². The van der Waals surface area contributed by atoms with E-state index in [9.17, 15) is 8.42 Å². The number of thioether (sulfide) groups is 1. The number of nitrogen functional groups attached to an aromatic ring is 1. The van der Waals surface area contributed by atoms with Crippen LogP contribution in [0.15, 0.2) is 46.2 Å². The number of anilines is 2. The SMILES string of the molecule is CSc1ccc(NS(=O)(=O)c2cc(C)cc(N)c2C)cc1. The summed E-state index contributed by atoms with van der Waals surface area (Å²) < 4.78 is 27.6. The van der Waals surface area contributed by atoms with Crippen molar-refractivity contribution in [1.29, 1.82) is 0 Å². The first-order chi connectivity index (χ1) is 9.83. The number of nitrogens with one attached hydrogen (secondary N) is 1. The Morgan fingerprint density at radius 1 is 1.10 bits per heavy atom. The van der Waals surface area contributed by atoms with Crippen molar-refractivity contribution in [2.24, 2.45) is 0 Å². The van der Waals surface area contributed by atoms with Gasteiger partial charge in [-0.3, -0.25) is 4.72 Å². The molecule has 0 aliphatic carbocycles. The van der Waals surface area contributed by atoms with E-state index in [2.05, 4.69) is 4.72 Å². The Balaban J connectivity index is 2.38. The van der Waals surface area contributed by atoms with Crippen LogP contribution in [-0.2, 0) is 10.0 Å². The Morgan fingerprint density at radius 2 is 1.71 bits per heavy atom. The van der Waals surface area contributed by atoms with Crippen LogP contribution in [0.5, 0.6) is 0 Å². The number of benzene rings is 2. The zero-order chi connectivity index (χ0) is 15.6. The second-order valence-corrected chi connectivity index (χ2v) is 7.34. The fraction of sp³-hybridized carbons (Fsp3) is 0.200. The zero-order valence-corrected chi connectivity index (χ0v) is 13.8. The van der Waals surface area contributed by atoms with Crippen molar-refractivity contribution in [2.45, 2.75) is 23.6 Å². The van der Waals surface area contributed by atoms with Crippen molar-refractivity contribution in [2.75, 3.05) is 16.7 Å². The van der Waals surface area contributed by atoms with Gasteiger partial charge in [-0.05, 0) is 67.6 Å². The number of hydrogen-bond acceptors (Lipinski definition) is 4. The first kappa shape index (κ1) is 15.7. The maximum atomic E-state index is 12.5. The molecule has 3 N–H and O–H groups in total. The molecule has 0 fully saturated rings. The lowest BCUT2D eigenvalue weighted by molar-refractivity contribution is 0.600. The molecule has 0 heterocycles. The van der Waals surface area contributed by atoms with Crippen molar-refractivity contribution in [3.8, 4) is 0 Å². The summed E-state index contributed by atoms with van der Waals surface area (Å²) in [6.45, 7) is 3.53. The standard InChI is InChI=1S/C15H18N2O2S2/c1-10-8-14(16)11(2)15(9-10)21(18,19)17-12-4-6-13(20-3)7-5-12/h4-9,17H,16H2,1-3H3. The van der Waals surface area contributed by atoms with Gasteiger partial charge in [0.15, 0.2) is 0 Å². The van der Waals surface area contributed by atoms with Gasteiger partial charge in [-0.25, -0.2) is 8.42 Å². The fourth-order valence-corrected chi connectivity index (χ4v) is 3.83. The maximum absolute atomic E-state index is 12.5. The van der Waals surface area contributed by atoms with Gasteiger partial charge in [0.2, 0.25) is 0 Å². The Hall–Kier alpha value is -1.66. The highest BCUT2D eigenvalue weighted by Gasteiger charge is 2.18. The van der Waals surface area contributed by atoms with Crippen molar-refractivity contribution < 1.29 is 8.42 Å². The van der Waals surface area contributed by atoms with E-state index in [1.165, 1.54) is 0 Å². The molecule has 0 amide bonds. The first-order valence-corrected chi connectivity index (χ1v) is 9.08. The molecule has 2 rings (SSSR count). The molecule has 112 valence electrons. The molecule has 0 aromatic heterocycles. The van der Waals surface area contributed by atoms with Crippen LogP contribution in [0.4, 0.5) is 11.4 Å². The van der Waals surface area contributed by atoms with Gasteiger partial charge in [0.25, 0.3) is 10.0 Å². The molecular weight excluding hydrogens is 304 g/mol. The van der Waals surface area contributed by atoms with E-state index < -0.39 is 10.0 Å². The number of sulfonamides is 1. The third-order valence-corrected chi connectivity index (χ3v) is 5.43. The van der Waals surface area contributed by atoms with Gasteiger partial charge in [-0.15, -0.1) is 11.8 Å². The fourth-order valence-electron chi connectivity index (χ4n) is 2.00. The van der Waals surface area contributed by atoms with E-state index in [0.29, 0.717) is 16.9 Å². The topological polar surface area (TPSA) is 72.2 Å². The molecular formula is C15H18N2O2S2. The van der Waals surface area contributed by atoms with Crippen LogP contribution in [0.25, 0.3) is 0 Å². The molecule has 6 heteroatoms. The molecule has 4 nitrogen and oxygen atoms in total. The van der Waals surface area contributed by atoms with E-state index in [4.69, 9.17) is 5.73 Å². The number of hydrogen-bond donors (Lipinski definition) is 2. The van der Waals surface area contributed by atoms with Crippen LogP contribution >= 0.6 is 11.8 Å². The molecule has 21 heavy (non-hydrogen) atoms. The Bertz CT molecular complexity index is 754. The highest BCUT2D eigenvalue weighted by atomic mass is 32.2. The summed E-state index contributed by atoms with van der Waals surface area (Å²) in [5.41, 5.74) is 8.25. The van der Waals surface area contributed by atoms with E-state index in [1.807, 2.05) is 25.3 Å². The predicted molar refractivity (Wildman–Crippen MR) is 89.4 cm³/mol. The molecule has 0 saturated carbocycles. The molecule has 0 unspecified atom stereocenters. The predicted octanol–water partition coefficient (Wildman–Crippen LogP) is 3.41. The molecule has 0 saturated heterocycles. The number of rotatable bonds is 4. The summed E-state index contributed by atoms with van der Waals surface area (Å²) in [6, 6.07) is 10.6. The lowest BCUT2D eigenvalue weighted by Crippen LogP contribution is -2.15. The Kier molecular flexibility index (Phi) is 4.49. The van der Waals surface area contributed by atoms with Gasteiger partial charge in [-0.1, -0.05) is 0 Å². The average Bonchev–Trinajstić information content (AvgIpc) is 2.43. The molecule has 0 radical (unpaired) electrons. The summed E-state index contributed by atoms with van der Waals surface area (Å²) in [5.74, 6) is 0. The van der Waals surface area contributed by atoms with Gasteiger partial charge >= 0.3 is 0 Å². The van der Waals surface area contributed by atoms with Crippen molar-refractivity contribution in [3.05, 3.63) is 47.5 Å². The highest BCUT2D eigenvalue weighted by Crippen LogP contribution is 2.26. The molecule has 0 bridgehead atoms. The van der Waals surface area contributed by atoms with E-state index in [1.54, 1.807) is 43.0 Å². The van der Waals surface area contributed by atoms with Crippen molar-refractivity contribution in [1.82, 2.24) is 0 Å². The van der Waals surface area contributed by atoms with E-state index in [0.717, 1.165) is 10.5 Å². The third kappa shape index (κ3) is 3.51. The van der Waals surface area contributed by atoms with Gasteiger partial charge in [-0.2, -0.15) is 0 Å². The Morgan fingerprint density at radius 3 is 2.29 bits per heavy atom. The summed E-state index contributed by atoms with van der Waals surface area (Å²) >= 11 is 1.60. The second kappa shape index (κ2) is 5.99. The smallest absolute Gasteiger partial charge is 0.262 e. The van der Waals surface area contributed by atoms with E-state index in [-0.39, 0.29) is 4.90 Å². The largest absolute Gasteiger partial charge is 0.398 e. The Labute approximate surface area is 129 Å². The summed E-state index contributed by atoms with van der Waals surface area (Å²) in [7, 11) is -3.65. The lowest BCUT2D eigenvalue weighted by Gasteiger charge is -2.13. The van der Waals surface area contributed by atoms with Gasteiger partial charge in [0.05, 0.1) is 4.90 Å². The van der Waals surface area contributed by atoms with Gasteiger partial charge in [0.1, 0.15) is 0 Å². The lowest BCUT2D eigenvalue weighted by atomic mass is 10.1. The average molecular weight is 322 g/mol. The summed E-state index contributed by atoms with van der Waals surface area (Å²) in [5, 5.41) is 0. The van der Waals surface area contributed by atoms with Crippen molar-refractivity contribution in [3.63, 3.8) is 0 Å². The normalized spacial score (nSPS) is 11.4. The number of aryl methyl sites for hydroxylation is 1. The quantitative estimate of drug-likeness (QED) is 0.668. The maximum Gasteiger partial charge on any atom is 0.262 e. The molecule has 2 aromatic rings. The minimum atomic E-state index is -3.65. The van der Waals surface area contributed by atoms with Gasteiger partial charge < -0.3 is 5.73 Å². The third-order valence-electron chi connectivity index (χ3n) is 3.18. The summed E-state index contributed by atoms with van der Waals surface area (Å²) in [4.78, 5) is 1.29. The van der Waals surface area contributed by atoms with Crippen LogP contribution < -0.4 is 10.5 Å². The molecule has 0 aliphatic heterocycles. The first-order valence-electron chi connectivity index (χ1n) is 6.37. The second-order valence-electron chi connectivity index (χ2n) is 4.81. The highest BCUT2D eigenvalue weighted by molar-refractivity contribution is 7.98. The zero-order valence-electron chi connectivity index (χ0n) is 12.2. The van der Waals surface area contributed by atoms with Crippen LogP contribution in [0.3, 0.4) is 0 Å². The van der Waals surface area contributed by atoms with Crippen LogP contribution in [0.2, 0.25) is 0 Å². The minimum Gasteiger partial charge on any atom is -0.398 e. The van der Waals surface area contributed by atoms with Gasteiger partial charge in [0, 0.05) is 16.3 Å². The van der Waals surface area contributed by atoms with Crippen LogP contribution in [0.1, 0.15) is 11.1 Å². The number of nitrogens with two attached hydrogens (primary N) is 1. The summed E-state index contributed by atoms with van der Waals surface area (Å²) in [6.07, 6.45) is 1.97. The molecule has 0 spiro atoms.